The van der Waals surface area contributed by atoms with Crippen LogP contribution in [0.5, 0.6) is 0 Å². The molecule has 1 aliphatic rings. The van der Waals surface area contributed by atoms with Crippen LogP contribution in [0.15, 0.2) is 31.0 Å². The van der Waals surface area contributed by atoms with Crippen molar-refractivity contribution in [1.82, 2.24) is 24.6 Å². The summed E-state index contributed by atoms with van der Waals surface area (Å²) in [6.07, 6.45) is 10.2. The summed E-state index contributed by atoms with van der Waals surface area (Å²) in [5.74, 6) is -0.173. The summed E-state index contributed by atoms with van der Waals surface area (Å²) in [6.45, 7) is 0. The number of ether oxygens (including phenoxy) is 1. The Bertz CT molecular complexity index is 1130. The number of aromatic amines is 1. The second-order valence-electron chi connectivity index (χ2n) is 6.53. The maximum atomic E-state index is 15.3. The number of nitrogens with zero attached hydrogens (tertiary/aromatic N) is 4. The fourth-order valence-corrected chi connectivity index (χ4v) is 3.86. The van der Waals surface area contributed by atoms with Gasteiger partial charge in [0.05, 0.1) is 34.7 Å². The highest BCUT2D eigenvalue weighted by atomic mass is 35.5. The van der Waals surface area contributed by atoms with Gasteiger partial charge in [0.1, 0.15) is 5.82 Å². The molecule has 1 saturated carbocycles. The van der Waals surface area contributed by atoms with Gasteiger partial charge in [0, 0.05) is 42.2 Å². The summed E-state index contributed by atoms with van der Waals surface area (Å²) < 4.78 is 22.7. The molecule has 0 saturated heterocycles. The first-order valence-electron chi connectivity index (χ1n) is 8.35. The van der Waals surface area contributed by atoms with Gasteiger partial charge in [-0.2, -0.15) is 5.10 Å². The van der Waals surface area contributed by atoms with Gasteiger partial charge < -0.3 is 9.14 Å². The summed E-state index contributed by atoms with van der Waals surface area (Å²) >= 11 is 6.48. The van der Waals surface area contributed by atoms with Crippen molar-refractivity contribution >= 4 is 28.2 Å². The first-order chi connectivity index (χ1) is 12.7. The van der Waals surface area contributed by atoms with Crippen LogP contribution in [0.2, 0.25) is 5.02 Å². The van der Waals surface area contributed by atoms with E-state index < -0.39 is 5.82 Å². The van der Waals surface area contributed by atoms with Crippen molar-refractivity contribution < 1.29 is 9.13 Å². The quantitative estimate of drug-likeness (QED) is 0.584. The minimum Gasteiger partial charge on any atom is -0.376 e. The van der Waals surface area contributed by atoms with Gasteiger partial charge in [0.15, 0.2) is 5.65 Å². The standard InChI is InChI=1S/C18H15ClFN5O/c1-26-18(9-2-3-9)14-16(20)15(19)13(10-6-23-24-17(10)14)11-8-25-5-4-21-12(25)7-22-11/h4-9,18H,2-3H2,1H3,(H,23,24). The lowest BCUT2D eigenvalue weighted by molar-refractivity contribution is 0.0826. The van der Waals surface area contributed by atoms with Crippen LogP contribution in [0.1, 0.15) is 24.5 Å². The molecule has 0 radical (unpaired) electrons. The summed E-state index contributed by atoms with van der Waals surface area (Å²) in [4.78, 5) is 8.59. The highest BCUT2D eigenvalue weighted by Gasteiger charge is 2.37. The Balaban J connectivity index is 1.79. The lowest BCUT2D eigenvalue weighted by Gasteiger charge is -2.19. The fraction of sp³-hybridized carbons (Fsp3) is 0.278. The monoisotopic (exact) mass is 371 g/mol. The van der Waals surface area contributed by atoms with E-state index in [9.17, 15) is 0 Å². The number of H-pyrrole nitrogens is 1. The molecule has 0 spiro atoms. The third kappa shape index (κ3) is 2.24. The number of hydrogen-bond acceptors (Lipinski definition) is 4. The van der Waals surface area contributed by atoms with Gasteiger partial charge >= 0.3 is 0 Å². The Morgan fingerprint density at radius 2 is 2.19 bits per heavy atom. The van der Waals surface area contributed by atoms with E-state index in [1.807, 2.05) is 4.40 Å². The van der Waals surface area contributed by atoms with E-state index in [1.54, 1.807) is 38.1 Å². The number of halogens is 2. The maximum absolute atomic E-state index is 15.3. The molecule has 1 unspecified atom stereocenters. The average Bonchev–Trinajstić information content (AvgIpc) is 3.17. The molecule has 1 atom stereocenters. The second-order valence-corrected chi connectivity index (χ2v) is 6.91. The van der Waals surface area contributed by atoms with E-state index in [-0.39, 0.29) is 11.1 Å². The predicted octanol–water partition coefficient (Wildman–Crippen LogP) is 4.16. The highest BCUT2D eigenvalue weighted by Crippen LogP contribution is 2.48. The number of hydrogen-bond donors (Lipinski definition) is 1. The SMILES string of the molecule is COC(c1c(F)c(Cl)c(-c2cn3ccnc3cn2)c2cn[nH]c12)C1CC1. The lowest BCUT2D eigenvalue weighted by atomic mass is 9.97. The number of benzene rings is 1. The average molecular weight is 372 g/mol. The van der Waals surface area contributed by atoms with Crippen molar-refractivity contribution in [3.05, 3.63) is 47.4 Å². The van der Waals surface area contributed by atoms with Gasteiger partial charge in [-0.25, -0.2) is 9.37 Å². The largest absolute Gasteiger partial charge is 0.376 e. The Morgan fingerprint density at radius 1 is 1.35 bits per heavy atom. The van der Waals surface area contributed by atoms with Gasteiger partial charge in [-0.15, -0.1) is 0 Å². The summed E-state index contributed by atoms with van der Waals surface area (Å²) in [5, 5.41) is 7.80. The zero-order valence-electron chi connectivity index (χ0n) is 13.9. The van der Waals surface area contributed by atoms with Crippen LogP contribution in [-0.2, 0) is 4.74 Å². The molecule has 3 heterocycles. The topological polar surface area (TPSA) is 68.1 Å². The van der Waals surface area contributed by atoms with Crippen LogP contribution in [0.25, 0.3) is 27.8 Å². The molecule has 8 heteroatoms. The summed E-state index contributed by atoms with van der Waals surface area (Å²) in [5.41, 5.74) is 2.82. The Kier molecular flexibility index (Phi) is 3.48. The van der Waals surface area contributed by atoms with Gasteiger partial charge in [-0.05, 0) is 18.8 Å². The van der Waals surface area contributed by atoms with Crippen molar-refractivity contribution in [1.29, 1.82) is 0 Å². The smallest absolute Gasteiger partial charge is 0.155 e. The van der Waals surface area contributed by atoms with Crippen molar-refractivity contribution in [2.24, 2.45) is 5.92 Å². The molecule has 26 heavy (non-hydrogen) atoms. The number of aromatic nitrogens is 5. The molecule has 0 amide bonds. The Morgan fingerprint density at radius 3 is 2.96 bits per heavy atom. The number of methoxy groups -OCH3 is 1. The number of imidazole rings is 1. The van der Waals surface area contributed by atoms with E-state index >= 15 is 4.39 Å². The molecule has 1 aromatic carbocycles. The Labute approximate surface area is 153 Å². The van der Waals surface area contributed by atoms with Crippen LogP contribution >= 0.6 is 11.6 Å². The summed E-state index contributed by atoms with van der Waals surface area (Å²) in [6, 6.07) is 0. The molecule has 0 bridgehead atoms. The molecule has 5 rings (SSSR count). The van der Waals surface area contributed by atoms with Crippen LogP contribution in [0, 0.1) is 11.7 Å². The van der Waals surface area contributed by atoms with Crippen LogP contribution in [0.3, 0.4) is 0 Å². The fourth-order valence-electron chi connectivity index (χ4n) is 3.55. The van der Waals surface area contributed by atoms with Gasteiger partial charge in [-0.3, -0.25) is 10.1 Å². The molecule has 1 N–H and O–H groups in total. The third-order valence-electron chi connectivity index (χ3n) is 4.95. The van der Waals surface area contributed by atoms with E-state index in [0.717, 1.165) is 18.2 Å². The normalized spacial score (nSPS) is 15.8. The molecule has 6 nitrogen and oxygen atoms in total. The van der Waals surface area contributed by atoms with E-state index in [1.165, 1.54) is 0 Å². The molecular weight excluding hydrogens is 357 g/mol. The van der Waals surface area contributed by atoms with Crippen molar-refractivity contribution in [3.8, 4) is 11.3 Å². The summed E-state index contributed by atoms with van der Waals surface area (Å²) in [7, 11) is 1.60. The molecule has 3 aromatic heterocycles. The van der Waals surface area contributed by atoms with Crippen molar-refractivity contribution in [3.63, 3.8) is 0 Å². The lowest BCUT2D eigenvalue weighted by Crippen LogP contribution is -2.09. The van der Waals surface area contributed by atoms with Crippen LogP contribution < -0.4 is 0 Å². The van der Waals surface area contributed by atoms with Gasteiger partial charge in [0.2, 0.25) is 0 Å². The Hall–Kier alpha value is -2.51. The zero-order valence-corrected chi connectivity index (χ0v) is 14.7. The molecular formula is C18H15ClFN5O. The zero-order chi connectivity index (χ0) is 17.8. The number of rotatable bonds is 4. The predicted molar refractivity (Wildman–Crippen MR) is 95.5 cm³/mol. The minimum absolute atomic E-state index is 0.0311. The molecule has 0 aliphatic heterocycles. The van der Waals surface area contributed by atoms with Gasteiger partial charge in [0.25, 0.3) is 0 Å². The molecule has 1 aliphatic carbocycles. The minimum atomic E-state index is -0.482. The van der Waals surface area contributed by atoms with Crippen molar-refractivity contribution in [2.45, 2.75) is 18.9 Å². The number of nitrogens with one attached hydrogen (secondary N) is 1. The molecule has 1 fully saturated rings. The van der Waals surface area contributed by atoms with E-state index in [4.69, 9.17) is 16.3 Å². The molecule has 4 aromatic rings. The van der Waals surface area contributed by atoms with E-state index in [2.05, 4.69) is 20.2 Å². The van der Waals surface area contributed by atoms with E-state index in [0.29, 0.717) is 33.9 Å². The first kappa shape index (κ1) is 15.7. The van der Waals surface area contributed by atoms with Crippen molar-refractivity contribution in [2.75, 3.05) is 7.11 Å². The van der Waals surface area contributed by atoms with Crippen LogP contribution in [-0.4, -0.2) is 31.7 Å². The number of fused-ring (bicyclic) bond motifs is 2. The highest BCUT2D eigenvalue weighted by molar-refractivity contribution is 6.35. The molecule has 132 valence electrons. The maximum Gasteiger partial charge on any atom is 0.155 e. The van der Waals surface area contributed by atoms with Crippen LogP contribution in [0.4, 0.5) is 4.39 Å². The first-order valence-corrected chi connectivity index (χ1v) is 8.72. The van der Waals surface area contributed by atoms with Gasteiger partial charge in [-0.1, -0.05) is 11.6 Å². The third-order valence-corrected chi connectivity index (χ3v) is 5.31. The second kappa shape index (κ2) is 5.75.